The Kier molecular flexibility index (Phi) is 145. The van der Waals surface area contributed by atoms with Crippen LogP contribution in [0.2, 0.25) is 0 Å². The van der Waals surface area contributed by atoms with Gasteiger partial charge in [0.05, 0.1) is 0 Å². The summed E-state index contributed by atoms with van der Waals surface area (Å²) >= 11 is 4.92. The zero-order valence-corrected chi connectivity index (χ0v) is 20.6. The van der Waals surface area contributed by atoms with Crippen LogP contribution >= 0.6 is 0 Å². The van der Waals surface area contributed by atoms with Gasteiger partial charge in [-0.1, -0.05) is 6.42 Å². The number of ether oxygens (including phenoxy) is 1. The number of fused-ring (bicyclic) bond motifs is 1. The van der Waals surface area contributed by atoms with Crippen LogP contribution in [0.15, 0.2) is 0 Å². The Balaban J connectivity index is -0.0000000263. The molecule has 0 N–H and O–H groups in total. The Morgan fingerprint density at radius 2 is 0.903 bits per heavy atom. The third kappa shape index (κ3) is 53.1. The normalized spacial score (nSPS) is 17.4. The third-order valence-electron chi connectivity index (χ3n) is 2.62. The van der Waals surface area contributed by atoms with Gasteiger partial charge in [0.25, 0.3) is 0 Å². The van der Waals surface area contributed by atoms with Gasteiger partial charge in [0, 0.05) is 30.0 Å². The van der Waals surface area contributed by atoms with E-state index in [4.69, 9.17) is 42.0 Å². The van der Waals surface area contributed by atoms with E-state index in [1.54, 1.807) is 0 Å². The van der Waals surface area contributed by atoms with E-state index in [1.807, 2.05) is 32.1 Å². The van der Waals surface area contributed by atoms with Crippen molar-refractivity contribution in [2.24, 2.45) is 11.3 Å². The van der Waals surface area contributed by atoms with Crippen molar-refractivity contribution in [2.45, 2.75) is 6.42 Å². The zero-order chi connectivity index (χ0) is 26.4. The molecule has 0 aromatic carbocycles. The molecule has 1 saturated heterocycles. The van der Waals surface area contributed by atoms with E-state index in [0.717, 1.165) is 19.1 Å². The standard InChI is InChI=1S/C6H9O.C5H5.8CO.2Co.W/c1-6-2-5(6)3-7-4-6;1-2-4-5-3-1;8*1-2;;;/h5H,1-4H2;1-5H;;;;;;;;;;;/q-1;;;;;;;;;;;;. The minimum absolute atomic E-state index is 0. The molecule has 31 heavy (non-hydrogen) atoms. The van der Waals surface area contributed by atoms with Crippen molar-refractivity contribution < 1.29 is 88.5 Å². The Labute approximate surface area is 210 Å². The van der Waals surface area contributed by atoms with Gasteiger partial charge >= 0.3 is 120 Å². The molecule has 12 heteroatoms. The Morgan fingerprint density at radius 3 is 0.968 bits per heavy atom. The van der Waals surface area contributed by atoms with Crippen LogP contribution in [0.5, 0.6) is 0 Å². The van der Waals surface area contributed by atoms with E-state index < -0.39 is 0 Å². The van der Waals surface area contributed by atoms with E-state index in [1.165, 1.54) is 23.7 Å². The van der Waals surface area contributed by atoms with Crippen LogP contribution in [0.3, 0.4) is 0 Å². The van der Waals surface area contributed by atoms with Gasteiger partial charge in [0.15, 0.2) is 0 Å². The average Bonchev–Trinajstić information content (AvgIpc) is 3.30. The van der Waals surface area contributed by atoms with Crippen molar-refractivity contribution in [3.05, 3.63) is 92.2 Å². The maximum atomic E-state index is 7.50. The third-order valence-corrected chi connectivity index (χ3v) is 2.62. The predicted octanol–water partition coefficient (Wildman–Crippen LogP) is 1.57. The molecule has 9 nitrogen and oxygen atoms in total. The summed E-state index contributed by atoms with van der Waals surface area (Å²) < 4.78 is 65.1. The molecule has 2 unspecified atom stereocenters. The summed E-state index contributed by atoms with van der Waals surface area (Å²) in [7, 11) is 0. The van der Waals surface area contributed by atoms with Gasteiger partial charge in [0.2, 0.25) is 0 Å². The maximum absolute atomic E-state index is 7.50. The average molecular weight is 688 g/mol. The second kappa shape index (κ2) is 78.2. The summed E-state index contributed by atoms with van der Waals surface area (Å²) in [5.41, 5.74) is 0.389. The second-order valence-electron chi connectivity index (χ2n) is 3.74. The van der Waals surface area contributed by atoms with Gasteiger partial charge in [-0.15, -0.1) is 5.41 Å². The molecule has 0 bridgehead atoms. The molecule has 2 atom stereocenters. The Bertz CT molecular complexity index is 385. The molecule has 0 aromatic heterocycles. The molecule has 3 fully saturated rings. The number of rotatable bonds is 0. The molecule has 169 valence electrons. The van der Waals surface area contributed by atoms with Gasteiger partial charge in [-0.25, -0.2) is 0 Å². The summed E-state index contributed by atoms with van der Waals surface area (Å²) in [6.07, 6.45) is 11.3. The minimum atomic E-state index is 0. The summed E-state index contributed by atoms with van der Waals surface area (Å²) in [5.74, 6) is 0.826. The van der Waals surface area contributed by atoms with Crippen LogP contribution in [-0.2, 0) is 88.5 Å². The molecule has 3 aliphatic rings. The van der Waals surface area contributed by atoms with Crippen molar-refractivity contribution in [3.63, 3.8) is 0 Å². The predicted molar refractivity (Wildman–Crippen MR) is 79.7 cm³/mol. The van der Waals surface area contributed by atoms with E-state index in [2.05, 4.69) is 72.7 Å². The fourth-order valence-corrected chi connectivity index (χ4v) is 1.57. The van der Waals surface area contributed by atoms with E-state index in [0.29, 0.717) is 5.41 Å². The van der Waals surface area contributed by atoms with Gasteiger partial charge in [-0.2, -0.15) is 0 Å². The summed E-state index contributed by atoms with van der Waals surface area (Å²) in [6, 6.07) is 0. The molecule has 2 saturated carbocycles. The molecule has 0 spiro atoms. The zero-order valence-electron chi connectivity index (χ0n) is 15.5. The molecule has 0 aromatic rings. The second-order valence-corrected chi connectivity index (χ2v) is 3.74. The Morgan fingerprint density at radius 1 is 0.677 bits per heavy atom. The van der Waals surface area contributed by atoms with Gasteiger partial charge in [-0.3, -0.25) is 0 Å². The topological polar surface area (TPSA) is 168 Å². The SMILES string of the molecule is [C-]#[O+].[C-]#[O+].[C-]#[O+].[C-]#[O+].[C-]#[O+].[C-]#[O+].[C-]#[O+].[C-]#[O+].[CH2-]C12COCC1C2.[CH]1[CH][CH][CH][CH]1.[Co].[Co]=[W]. The van der Waals surface area contributed by atoms with Crippen LogP contribution in [0.1, 0.15) is 6.42 Å². The van der Waals surface area contributed by atoms with Crippen molar-refractivity contribution in [1.29, 1.82) is 0 Å². The van der Waals surface area contributed by atoms with Crippen LogP contribution in [0.4, 0.5) is 0 Å². The van der Waals surface area contributed by atoms with Crippen LogP contribution in [0.25, 0.3) is 0 Å². The van der Waals surface area contributed by atoms with Crippen LogP contribution < -0.4 is 0 Å². The van der Waals surface area contributed by atoms with Crippen LogP contribution in [-0.4, -0.2) is 13.2 Å². The first kappa shape index (κ1) is 57.5. The molecule has 1 aliphatic heterocycles. The Hall–Kier alpha value is -0.419. The molecule has 6 radical (unpaired) electrons. The first-order valence-corrected chi connectivity index (χ1v) is 10.6. The molecule has 3 rings (SSSR count). The van der Waals surface area contributed by atoms with Crippen LogP contribution in [0, 0.1) is 104 Å². The fraction of sp³-hybridized carbons (Fsp3) is 0.263. The van der Waals surface area contributed by atoms with Crippen molar-refractivity contribution >= 4 is 0 Å². The molecule has 0 amide bonds. The van der Waals surface area contributed by atoms with E-state index >= 15 is 0 Å². The van der Waals surface area contributed by atoms with Gasteiger partial charge in [0.1, 0.15) is 0 Å². The van der Waals surface area contributed by atoms with Gasteiger partial charge in [-0.05, 0) is 38.0 Å². The molecule has 2 aliphatic carbocycles. The number of hydrogen-bond donors (Lipinski definition) is 0. The number of hydrogen-bond acceptors (Lipinski definition) is 1. The van der Waals surface area contributed by atoms with Crippen molar-refractivity contribution in [1.82, 2.24) is 0 Å². The monoisotopic (exact) mass is 688 g/mol. The summed E-state index contributed by atoms with van der Waals surface area (Å²) in [5, 5.41) is 0. The summed E-state index contributed by atoms with van der Waals surface area (Å²) in [4.78, 5) is 0. The van der Waals surface area contributed by atoms with Gasteiger partial charge < -0.3 is 11.7 Å². The first-order valence-electron chi connectivity index (χ1n) is 6.18. The first-order chi connectivity index (χ1) is 14.8. The molecular formula is C19H14Co2O9W-. The van der Waals surface area contributed by atoms with E-state index in [-0.39, 0.29) is 16.8 Å². The van der Waals surface area contributed by atoms with Crippen molar-refractivity contribution in [3.8, 4) is 0 Å². The molecular weight excluding hydrogens is 674 g/mol. The van der Waals surface area contributed by atoms with Crippen molar-refractivity contribution in [2.75, 3.05) is 13.2 Å². The summed E-state index contributed by atoms with van der Waals surface area (Å²) in [6.45, 7) is 41.9. The molecule has 1 heterocycles. The fourth-order valence-electron chi connectivity index (χ4n) is 1.57. The quantitative estimate of drug-likeness (QED) is 0.274. The van der Waals surface area contributed by atoms with E-state index in [9.17, 15) is 0 Å².